The van der Waals surface area contributed by atoms with E-state index < -0.39 is 5.97 Å². The highest BCUT2D eigenvalue weighted by Crippen LogP contribution is 2.24. The highest BCUT2D eigenvalue weighted by molar-refractivity contribution is 5.75. The molecule has 1 aromatic rings. The number of carbonyl (C=O) groups is 2. The quantitative estimate of drug-likeness (QED) is 0.853. The van der Waals surface area contributed by atoms with Crippen LogP contribution in [0.4, 0.5) is 4.79 Å². The van der Waals surface area contributed by atoms with E-state index in [1.54, 1.807) is 11.1 Å². The number of hydrogen-bond acceptors (Lipinski definition) is 3. The number of urea groups is 1. The van der Waals surface area contributed by atoms with Crippen molar-refractivity contribution in [3.8, 4) is 0 Å². The molecule has 1 saturated carbocycles. The Bertz CT molecular complexity index is 542. The van der Waals surface area contributed by atoms with Gasteiger partial charge in [0.1, 0.15) is 5.82 Å². The number of imidazole rings is 1. The van der Waals surface area contributed by atoms with E-state index in [9.17, 15) is 9.59 Å². The lowest BCUT2D eigenvalue weighted by Gasteiger charge is -2.32. The molecule has 1 aliphatic heterocycles. The molecule has 1 aliphatic carbocycles. The van der Waals surface area contributed by atoms with Gasteiger partial charge in [0.25, 0.3) is 0 Å². The lowest BCUT2D eigenvalue weighted by molar-refractivity contribution is -0.143. The van der Waals surface area contributed by atoms with Gasteiger partial charge < -0.3 is 19.9 Å². The fraction of sp³-hybridized carbons (Fsp3) is 0.643. The highest BCUT2D eigenvalue weighted by Gasteiger charge is 2.29. The Kier molecular flexibility index (Phi) is 3.81. The minimum Gasteiger partial charge on any atom is -0.481 e. The molecule has 114 valence electrons. The van der Waals surface area contributed by atoms with Gasteiger partial charge in [-0.05, 0) is 19.3 Å². The standard InChI is InChI=1S/C14H20N4O3/c19-13(20)10-2-1-3-11(8-10)16-14(21)18-7-6-17-5-4-15-12(17)9-18/h4-5,10-11H,1-3,6-9H2,(H,16,21)(H,19,20). The van der Waals surface area contributed by atoms with E-state index in [4.69, 9.17) is 5.11 Å². The van der Waals surface area contributed by atoms with Crippen molar-refractivity contribution < 1.29 is 14.7 Å². The summed E-state index contributed by atoms with van der Waals surface area (Å²) in [5.41, 5.74) is 0. The number of carbonyl (C=O) groups excluding carboxylic acids is 1. The molecule has 21 heavy (non-hydrogen) atoms. The summed E-state index contributed by atoms with van der Waals surface area (Å²) in [7, 11) is 0. The van der Waals surface area contributed by atoms with Crippen molar-refractivity contribution in [2.75, 3.05) is 6.54 Å². The molecular formula is C14H20N4O3. The second-order valence-corrected chi connectivity index (χ2v) is 5.81. The molecule has 1 aromatic heterocycles. The molecule has 0 bridgehead atoms. The van der Waals surface area contributed by atoms with Gasteiger partial charge in [0.15, 0.2) is 0 Å². The molecule has 3 rings (SSSR count). The molecule has 2 amide bonds. The average Bonchev–Trinajstić information content (AvgIpc) is 2.94. The summed E-state index contributed by atoms with van der Waals surface area (Å²) in [6, 6.07) is -0.144. The summed E-state index contributed by atoms with van der Waals surface area (Å²) < 4.78 is 2.05. The molecule has 0 saturated heterocycles. The van der Waals surface area contributed by atoms with E-state index in [1.165, 1.54) is 0 Å². The Labute approximate surface area is 122 Å². The van der Waals surface area contributed by atoms with Crippen molar-refractivity contribution >= 4 is 12.0 Å². The summed E-state index contributed by atoms with van der Waals surface area (Å²) in [6.07, 6.45) is 6.62. The number of rotatable bonds is 2. The zero-order chi connectivity index (χ0) is 14.8. The Morgan fingerprint density at radius 2 is 2.19 bits per heavy atom. The lowest BCUT2D eigenvalue weighted by Crippen LogP contribution is -2.49. The third-order valence-electron chi connectivity index (χ3n) is 4.38. The second kappa shape index (κ2) is 5.75. The van der Waals surface area contributed by atoms with Crippen molar-refractivity contribution in [2.24, 2.45) is 5.92 Å². The van der Waals surface area contributed by atoms with Crippen molar-refractivity contribution in [3.05, 3.63) is 18.2 Å². The van der Waals surface area contributed by atoms with Crippen LogP contribution < -0.4 is 5.32 Å². The maximum Gasteiger partial charge on any atom is 0.318 e. The van der Waals surface area contributed by atoms with E-state index in [1.807, 2.05) is 10.8 Å². The van der Waals surface area contributed by atoms with Crippen LogP contribution in [-0.2, 0) is 17.9 Å². The molecule has 2 atom stereocenters. The average molecular weight is 292 g/mol. The smallest absolute Gasteiger partial charge is 0.318 e. The fourth-order valence-corrected chi connectivity index (χ4v) is 3.16. The van der Waals surface area contributed by atoms with E-state index in [0.29, 0.717) is 25.9 Å². The lowest BCUT2D eigenvalue weighted by atomic mass is 9.86. The number of carboxylic acid groups (broad SMARTS) is 1. The fourth-order valence-electron chi connectivity index (χ4n) is 3.16. The molecule has 1 fully saturated rings. The molecular weight excluding hydrogens is 272 g/mol. The number of nitrogens with one attached hydrogen (secondary N) is 1. The number of fused-ring (bicyclic) bond motifs is 1. The molecule has 2 aliphatic rings. The molecule has 0 radical (unpaired) electrons. The first-order chi connectivity index (χ1) is 10.1. The summed E-state index contributed by atoms with van der Waals surface area (Å²) in [4.78, 5) is 29.3. The van der Waals surface area contributed by atoms with Crippen LogP contribution in [0.2, 0.25) is 0 Å². The monoisotopic (exact) mass is 292 g/mol. The van der Waals surface area contributed by atoms with Gasteiger partial charge in [0, 0.05) is 31.5 Å². The first-order valence-electron chi connectivity index (χ1n) is 7.41. The Morgan fingerprint density at radius 1 is 1.33 bits per heavy atom. The number of aliphatic carboxylic acids is 1. The van der Waals surface area contributed by atoms with E-state index in [-0.39, 0.29) is 18.0 Å². The number of carboxylic acids is 1. The van der Waals surface area contributed by atoms with Crippen LogP contribution in [0.3, 0.4) is 0 Å². The number of nitrogens with zero attached hydrogens (tertiary/aromatic N) is 3. The third-order valence-corrected chi connectivity index (χ3v) is 4.38. The largest absolute Gasteiger partial charge is 0.481 e. The number of hydrogen-bond donors (Lipinski definition) is 2. The predicted octanol–water partition coefficient (Wildman–Crippen LogP) is 1.05. The van der Waals surface area contributed by atoms with Crippen molar-refractivity contribution in [1.82, 2.24) is 19.8 Å². The highest BCUT2D eigenvalue weighted by atomic mass is 16.4. The number of amides is 2. The Hall–Kier alpha value is -2.05. The van der Waals surface area contributed by atoms with E-state index in [2.05, 4.69) is 10.3 Å². The van der Waals surface area contributed by atoms with Crippen LogP contribution in [0.15, 0.2) is 12.4 Å². The molecule has 7 heteroatoms. The van der Waals surface area contributed by atoms with Crippen molar-refractivity contribution in [2.45, 2.75) is 44.8 Å². The van der Waals surface area contributed by atoms with Crippen LogP contribution in [-0.4, -0.2) is 44.1 Å². The SMILES string of the molecule is O=C(O)C1CCCC(NC(=O)N2CCn3ccnc3C2)C1. The van der Waals surface area contributed by atoms with Crippen LogP contribution in [0.5, 0.6) is 0 Å². The van der Waals surface area contributed by atoms with E-state index >= 15 is 0 Å². The molecule has 0 aromatic carbocycles. The van der Waals surface area contributed by atoms with Gasteiger partial charge in [0.05, 0.1) is 12.5 Å². The van der Waals surface area contributed by atoms with Gasteiger partial charge in [-0.2, -0.15) is 0 Å². The molecule has 2 unspecified atom stereocenters. The normalized spacial score (nSPS) is 25.2. The van der Waals surface area contributed by atoms with Gasteiger partial charge in [-0.15, -0.1) is 0 Å². The van der Waals surface area contributed by atoms with Crippen LogP contribution in [0, 0.1) is 5.92 Å². The van der Waals surface area contributed by atoms with Gasteiger partial charge >= 0.3 is 12.0 Å². The van der Waals surface area contributed by atoms with Crippen molar-refractivity contribution in [3.63, 3.8) is 0 Å². The third kappa shape index (κ3) is 3.01. The van der Waals surface area contributed by atoms with E-state index in [0.717, 1.165) is 25.2 Å². The molecule has 2 N–H and O–H groups in total. The Balaban J connectivity index is 1.56. The van der Waals surface area contributed by atoms with Gasteiger partial charge in [0.2, 0.25) is 0 Å². The minimum absolute atomic E-state index is 0.0333. The summed E-state index contributed by atoms with van der Waals surface area (Å²) in [5, 5.41) is 12.1. The molecule has 7 nitrogen and oxygen atoms in total. The molecule has 0 spiro atoms. The predicted molar refractivity (Wildman–Crippen MR) is 74.6 cm³/mol. The van der Waals surface area contributed by atoms with Crippen molar-refractivity contribution in [1.29, 1.82) is 0 Å². The summed E-state index contributed by atoms with van der Waals surface area (Å²) in [6.45, 7) is 1.92. The Morgan fingerprint density at radius 3 is 3.00 bits per heavy atom. The first-order valence-corrected chi connectivity index (χ1v) is 7.41. The summed E-state index contributed by atoms with van der Waals surface area (Å²) >= 11 is 0. The maximum absolute atomic E-state index is 12.3. The molecule has 2 heterocycles. The van der Waals surface area contributed by atoms with Gasteiger partial charge in [-0.25, -0.2) is 9.78 Å². The van der Waals surface area contributed by atoms with Crippen LogP contribution in [0.1, 0.15) is 31.5 Å². The topological polar surface area (TPSA) is 87.5 Å². The van der Waals surface area contributed by atoms with Crippen LogP contribution >= 0.6 is 0 Å². The minimum atomic E-state index is -0.756. The maximum atomic E-state index is 12.3. The summed E-state index contributed by atoms with van der Waals surface area (Å²) in [5.74, 6) is -0.193. The second-order valence-electron chi connectivity index (χ2n) is 5.81. The van der Waals surface area contributed by atoms with Crippen LogP contribution in [0.25, 0.3) is 0 Å². The van der Waals surface area contributed by atoms with Gasteiger partial charge in [-0.1, -0.05) is 6.42 Å². The zero-order valence-electron chi connectivity index (χ0n) is 11.9. The van der Waals surface area contributed by atoms with Gasteiger partial charge in [-0.3, -0.25) is 4.79 Å². The number of aromatic nitrogens is 2. The first kappa shape index (κ1) is 13.9. The zero-order valence-corrected chi connectivity index (χ0v) is 11.9.